The van der Waals surface area contributed by atoms with Crippen molar-refractivity contribution in [3.8, 4) is 10.4 Å². The fraction of sp³-hybridized carbons (Fsp3) is 0.421. The molecule has 3 N–H and O–H groups in total. The first-order chi connectivity index (χ1) is 13.3. The van der Waals surface area contributed by atoms with Gasteiger partial charge >= 0.3 is 0 Å². The van der Waals surface area contributed by atoms with Crippen LogP contribution in [0.15, 0.2) is 17.0 Å². The standard InChI is InChI=1S/C19H22N4O3S2/c1-9-17(27-19(21-9)22-11(3)24)13-6-14-8-23(10(2)12-4-5-12)18(25)16(14)15(7-13)28(20)26/h6-7,10,12H,4-5,8,20H2,1-3H3,(H,21,22,24)/t10-,28?/m0/s1. The van der Waals surface area contributed by atoms with Gasteiger partial charge in [-0.1, -0.05) is 11.3 Å². The topological polar surface area (TPSA) is 111 Å². The number of hydrogen-bond donors (Lipinski definition) is 2. The monoisotopic (exact) mass is 418 g/mol. The van der Waals surface area contributed by atoms with Gasteiger partial charge in [-0.15, -0.1) is 5.14 Å². The molecule has 148 valence electrons. The number of carbonyl (C=O) groups is 2. The largest absolute Gasteiger partial charge is 0.593 e. The molecule has 2 atom stereocenters. The SMILES string of the molecule is CC(=O)Nc1nc(C)c(-c2cc3c(c([S+](N)[O-])c2)C(=O)N([C@@H](C)C2CC2)C3)s1. The Morgan fingerprint density at radius 1 is 1.46 bits per heavy atom. The average Bonchev–Trinajstić information content (AvgIpc) is 3.33. The number of fused-ring (bicyclic) bond motifs is 1. The van der Waals surface area contributed by atoms with Crippen LogP contribution in [0.25, 0.3) is 10.4 Å². The van der Waals surface area contributed by atoms with Crippen LogP contribution in [-0.2, 0) is 22.7 Å². The summed E-state index contributed by atoms with van der Waals surface area (Å²) in [6.45, 7) is 5.87. The maximum absolute atomic E-state index is 13.0. The van der Waals surface area contributed by atoms with Gasteiger partial charge in [0, 0.05) is 25.6 Å². The highest BCUT2D eigenvalue weighted by Crippen LogP contribution is 2.42. The number of aromatic nitrogens is 1. The predicted molar refractivity (Wildman–Crippen MR) is 109 cm³/mol. The lowest BCUT2D eigenvalue weighted by atomic mass is 10.0. The van der Waals surface area contributed by atoms with Gasteiger partial charge in [0.2, 0.25) is 5.91 Å². The quantitative estimate of drug-likeness (QED) is 0.725. The Labute approximate surface area is 170 Å². The Bertz CT molecular complexity index is 968. The Morgan fingerprint density at radius 2 is 2.18 bits per heavy atom. The van der Waals surface area contributed by atoms with Crippen molar-refractivity contribution in [3.05, 3.63) is 29.0 Å². The van der Waals surface area contributed by atoms with Crippen LogP contribution in [-0.4, -0.2) is 32.3 Å². The van der Waals surface area contributed by atoms with Gasteiger partial charge in [-0.3, -0.25) is 9.59 Å². The highest BCUT2D eigenvalue weighted by atomic mass is 32.2. The minimum Gasteiger partial charge on any atom is -0.593 e. The minimum atomic E-state index is -1.78. The van der Waals surface area contributed by atoms with Gasteiger partial charge in [-0.2, -0.15) is 0 Å². The molecular weight excluding hydrogens is 396 g/mol. The van der Waals surface area contributed by atoms with Crippen LogP contribution in [0.5, 0.6) is 0 Å². The molecule has 1 saturated carbocycles. The lowest BCUT2D eigenvalue weighted by molar-refractivity contribution is -0.114. The van der Waals surface area contributed by atoms with E-state index in [1.54, 1.807) is 6.07 Å². The van der Waals surface area contributed by atoms with E-state index >= 15 is 0 Å². The summed E-state index contributed by atoms with van der Waals surface area (Å²) in [5.74, 6) is 0.275. The van der Waals surface area contributed by atoms with Crippen molar-refractivity contribution in [1.29, 1.82) is 0 Å². The number of nitrogens with zero attached hydrogens (tertiary/aromatic N) is 2. The molecule has 2 aromatic rings. The van der Waals surface area contributed by atoms with Crippen molar-refractivity contribution in [1.82, 2.24) is 9.88 Å². The molecule has 1 aromatic heterocycles. The van der Waals surface area contributed by atoms with Crippen LogP contribution in [0, 0.1) is 12.8 Å². The first-order valence-corrected chi connectivity index (χ1v) is 11.2. The van der Waals surface area contributed by atoms with Crippen molar-refractivity contribution in [3.63, 3.8) is 0 Å². The van der Waals surface area contributed by atoms with E-state index in [0.29, 0.717) is 28.1 Å². The van der Waals surface area contributed by atoms with E-state index in [1.165, 1.54) is 18.3 Å². The van der Waals surface area contributed by atoms with Gasteiger partial charge in [0.15, 0.2) is 10.0 Å². The number of nitrogens with two attached hydrogens (primary N) is 1. The van der Waals surface area contributed by atoms with E-state index in [4.69, 9.17) is 5.14 Å². The number of carbonyl (C=O) groups excluding carboxylic acids is 2. The molecule has 1 unspecified atom stereocenters. The molecule has 7 nitrogen and oxygen atoms in total. The van der Waals surface area contributed by atoms with Crippen LogP contribution >= 0.6 is 11.3 Å². The molecule has 0 saturated heterocycles. The van der Waals surface area contributed by atoms with E-state index in [9.17, 15) is 14.1 Å². The van der Waals surface area contributed by atoms with Crippen molar-refractivity contribution in [2.45, 2.75) is 51.1 Å². The molecule has 4 rings (SSSR count). The van der Waals surface area contributed by atoms with Gasteiger partial charge in [-0.25, -0.2) is 4.98 Å². The van der Waals surface area contributed by atoms with Crippen LogP contribution in [0.3, 0.4) is 0 Å². The third-order valence-corrected chi connectivity index (χ3v) is 7.23. The number of rotatable bonds is 5. The highest BCUT2D eigenvalue weighted by molar-refractivity contribution is 7.89. The van der Waals surface area contributed by atoms with Crippen molar-refractivity contribution in [2.24, 2.45) is 11.1 Å². The Kier molecular flexibility index (Phi) is 4.95. The first-order valence-electron chi connectivity index (χ1n) is 9.15. The molecule has 1 aliphatic carbocycles. The zero-order chi connectivity index (χ0) is 20.2. The van der Waals surface area contributed by atoms with Crippen molar-refractivity contribution in [2.75, 3.05) is 5.32 Å². The van der Waals surface area contributed by atoms with E-state index in [0.717, 1.165) is 34.5 Å². The number of nitrogens with one attached hydrogen (secondary N) is 1. The number of benzene rings is 1. The fourth-order valence-electron chi connectivity index (χ4n) is 3.76. The summed E-state index contributed by atoms with van der Waals surface area (Å²) >= 11 is -0.432. The van der Waals surface area contributed by atoms with Crippen molar-refractivity contribution < 1.29 is 14.1 Å². The molecule has 0 spiro atoms. The molecule has 28 heavy (non-hydrogen) atoms. The normalized spacial score (nSPS) is 18.2. The molecule has 0 radical (unpaired) electrons. The predicted octanol–water partition coefficient (Wildman–Crippen LogP) is 2.81. The first kappa shape index (κ1) is 19.4. The number of amides is 2. The van der Waals surface area contributed by atoms with E-state index in [2.05, 4.69) is 17.2 Å². The number of hydrogen-bond acceptors (Lipinski definition) is 6. The lowest BCUT2D eigenvalue weighted by Crippen LogP contribution is -2.35. The zero-order valence-corrected chi connectivity index (χ0v) is 17.6. The van der Waals surface area contributed by atoms with Gasteiger partial charge < -0.3 is 14.8 Å². The van der Waals surface area contributed by atoms with Crippen LogP contribution < -0.4 is 10.5 Å². The Morgan fingerprint density at radius 3 is 2.79 bits per heavy atom. The number of anilines is 1. The second kappa shape index (κ2) is 7.14. The van der Waals surface area contributed by atoms with E-state index < -0.39 is 11.4 Å². The summed E-state index contributed by atoms with van der Waals surface area (Å²) in [4.78, 5) is 31.8. The lowest BCUT2D eigenvalue weighted by Gasteiger charge is -2.23. The molecule has 2 aliphatic rings. The molecule has 0 bridgehead atoms. The maximum atomic E-state index is 13.0. The molecule has 1 aliphatic heterocycles. The van der Waals surface area contributed by atoms with Gasteiger partial charge in [0.1, 0.15) is 5.56 Å². The molecule has 1 aromatic carbocycles. The second-order valence-electron chi connectivity index (χ2n) is 7.43. The molecule has 1 fully saturated rings. The summed E-state index contributed by atoms with van der Waals surface area (Å²) in [6.07, 6.45) is 2.29. The third-order valence-electron chi connectivity index (χ3n) is 5.35. The van der Waals surface area contributed by atoms with Crippen LogP contribution in [0.2, 0.25) is 0 Å². The third kappa shape index (κ3) is 3.43. The summed E-state index contributed by atoms with van der Waals surface area (Å²) in [5.41, 5.74) is 2.89. The summed E-state index contributed by atoms with van der Waals surface area (Å²) in [7, 11) is 0. The second-order valence-corrected chi connectivity index (χ2v) is 9.47. The molecule has 2 amide bonds. The maximum Gasteiger partial charge on any atom is 0.259 e. The number of thiazole rings is 1. The summed E-state index contributed by atoms with van der Waals surface area (Å²) in [6, 6.07) is 3.84. The minimum absolute atomic E-state index is 0.0882. The number of aryl methyl sites for hydroxylation is 1. The Hall–Kier alpha value is -1.94. The smallest absolute Gasteiger partial charge is 0.259 e. The van der Waals surface area contributed by atoms with E-state index in [-0.39, 0.29) is 17.9 Å². The fourth-order valence-corrected chi connectivity index (χ4v) is 5.42. The van der Waals surface area contributed by atoms with Gasteiger partial charge in [0.05, 0.1) is 21.9 Å². The van der Waals surface area contributed by atoms with Crippen LogP contribution in [0.4, 0.5) is 5.13 Å². The van der Waals surface area contributed by atoms with E-state index in [1.807, 2.05) is 17.9 Å². The average molecular weight is 419 g/mol. The Balaban J connectivity index is 1.76. The van der Waals surface area contributed by atoms with Gasteiger partial charge in [0.25, 0.3) is 5.91 Å². The molecular formula is C19H22N4O3S2. The summed E-state index contributed by atoms with van der Waals surface area (Å²) < 4.78 is 12.2. The van der Waals surface area contributed by atoms with Crippen molar-refractivity contribution >= 4 is 39.6 Å². The molecule has 9 heteroatoms. The zero-order valence-electron chi connectivity index (χ0n) is 15.9. The van der Waals surface area contributed by atoms with Gasteiger partial charge in [-0.05, 0) is 49.8 Å². The molecule has 2 heterocycles. The van der Waals surface area contributed by atoms with Crippen LogP contribution in [0.1, 0.15) is 48.3 Å². The summed E-state index contributed by atoms with van der Waals surface area (Å²) in [5, 5.41) is 8.94. The highest BCUT2D eigenvalue weighted by Gasteiger charge is 2.41.